The van der Waals surface area contributed by atoms with Crippen molar-refractivity contribution in [1.82, 2.24) is 10.2 Å². The van der Waals surface area contributed by atoms with Crippen LogP contribution < -0.4 is 5.32 Å². The molecular weight excluding hydrogens is 248 g/mol. The van der Waals surface area contributed by atoms with Crippen molar-refractivity contribution in [1.29, 1.82) is 0 Å². The van der Waals surface area contributed by atoms with Crippen LogP contribution in [0.5, 0.6) is 0 Å². The van der Waals surface area contributed by atoms with Crippen LogP contribution in [0.15, 0.2) is 0 Å². The van der Waals surface area contributed by atoms with E-state index in [-0.39, 0.29) is 12.6 Å². The van der Waals surface area contributed by atoms with Crippen LogP contribution in [0, 0.1) is 0 Å². The molecule has 0 unspecified atom stereocenters. The summed E-state index contributed by atoms with van der Waals surface area (Å²) < 4.78 is 10.2. The van der Waals surface area contributed by atoms with Crippen molar-refractivity contribution in [2.75, 3.05) is 20.4 Å². The van der Waals surface area contributed by atoms with Gasteiger partial charge >= 0.3 is 6.09 Å². The first-order valence-electron chi connectivity index (χ1n) is 6.61. The Morgan fingerprint density at radius 1 is 1.32 bits per heavy atom. The van der Waals surface area contributed by atoms with E-state index in [1.54, 1.807) is 0 Å². The number of rotatable bonds is 3. The fourth-order valence-corrected chi connectivity index (χ4v) is 2.00. The minimum atomic E-state index is -0.553. The lowest BCUT2D eigenvalue weighted by molar-refractivity contribution is -0.129. The number of nitrogens with zero attached hydrogens (tertiary/aromatic N) is 1. The van der Waals surface area contributed by atoms with Crippen LogP contribution in [0.3, 0.4) is 0 Å². The van der Waals surface area contributed by atoms with Crippen molar-refractivity contribution in [3.63, 3.8) is 0 Å². The molecule has 0 spiro atoms. The van der Waals surface area contributed by atoms with Crippen LogP contribution in [0.2, 0.25) is 0 Å². The van der Waals surface area contributed by atoms with Crippen molar-refractivity contribution < 1.29 is 19.1 Å². The second kappa shape index (κ2) is 6.75. The number of methoxy groups -OCH3 is 1. The van der Waals surface area contributed by atoms with E-state index in [2.05, 4.69) is 5.32 Å². The first-order chi connectivity index (χ1) is 8.85. The number of nitrogens with one attached hydrogen (secondary N) is 1. The van der Waals surface area contributed by atoms with Gasteiger partial charge in [-0.25, -0.2) is 4.79 Å². The molecule has 0 aliphatic carbocycles. The molecule has 1 fully saturated rings. The number of carbonyl (C=O) groups excluding carboxylic acids is 2. The second-order valence-electron chi connectivity index (χ2n) is 5.66. The van der Waals surface area contributed by atoms with Gasteiger partial charge in [-0.2, -0.15) is 0 Å². The van der Waals surface area contributed by atoms with Crippen LogP contribution >= 0.6 is 0 Å². The highest BCUT2D eigenvalue weighted by Gasteiger charge is 2.34. The lowest BCUT2D eigenvalue weighted by Crippen LogP contribution is -2.53. The number of hydrogen-bond acceptors (Lipinski definition) is 4. The molecule has 0 saturated carbocycles. The third kappa shape index (κ3) is 5.06. The van der Waals surface area contributed by atoms with Gasteiger partial charge in [0, 0.05) is 13.7 Å². The van der Waals surface area contributed by atoms with E-state index in [0.717, 1.165) is 12.8 Å². The summed E-state index contributed by atoms with van der Waals surface area (Å²) in [5.41, 5.74) is -0.553. The van der Waals surface area contributed by atoms with Gasteiger partial charge in [0.1, 0.15) is 18.4 Å². The molecule has 0 aromatic carbocycles. The van der Waals surface area contributed by atoms with Gasteiger partial charge < -0.3 is 14.8 Å². The van der Waals surface area contributed by atoms with E-state index in [1.165, 1.54) is 12.0 Å². The van der Waals surface area contributed by atoms with Gasteiger partial charge in [-0.1, -0.05) is 0 Å². The summed E-state index contributed by atoms with van der Waals surface area (Å²) in [6.07, 6.45) is 2.07. The molecule has 1 rings (SSSR count). The third-order valence-corrected chi connectivity index (χ3v) is 2.82. The fourth-order valence-electron chi connectivity index (χ4n) is 2.00. The van der Waals surface area contributed by atoms with Crippen molar-refractivity contribution in [3.8, 4) is 0 Å². The summed E-state index contributed by atoms with van der Waals surface area (Å²) in [6, 6.07) is -0.459. The molecular formula is C13H24N2O4. The predicted octanol–water partition coefficient (Wildman–Crippen LogP) is 1.50. The number of piperidine rings is 1. The highest BCUT2D eigenvalue weighted by atomic mass is 16.6. The molecule has 0 bridgehead atoms. The SMILES string of the molecule is COCNC(=O)[C@@H]1CCCCN1C(=O)OC(C)(C)C. The quantitative estimate of drug-likeness (QED) is 0.790. The summed E-state index contributed by atoms with van der Waals surface area (Å²) in [4.78, 5) is 25.6. The second-order valence-corrected chi connectivity index (χ2v) is 5.66. The van der Waals surface area contributed by atoms with Gasteiger partial charge in [-0.15, -0.1) is 0 Å². The highest BCUT2D eigenvalue weighted by molar-refractivity contribution is 5.85. The lowest BCUT2D eigenvalue weighted by atomic mass is 10.0. The number of amides is 2. The molecule has 1 N–H and O–H groups in total. The average Bonchev–Trinajstić information content (AvgIpc) is 2.34. The zero-order valence-corrected chi connectivity index (χ0v) is 12.2. The van der Waals surface area contributed by atoms with Crippen LogP contribution in [0.1, 0.15) is 40.0 Å². The number of carbonyl (C=O) groups is 2. The Kier molecular flexibility index (Phi) is 5.60. The van der Waals surface area contributed by atoms with Gasteiger partial charge in [0.05, 0.1) is 0 Å². The maximum atomic E-state index is 12.1. The van der Waals surface area contributed by atoms with Crippen molar-refractivity contribution in [2.24, 2.45) is 0 Å². The van der Waals surface area contributed by atoms with Gasteiger partial charge in [-0.3, -0.25) is 9.69 Å². The maximum Gasteiger partial charge on any atom is 0.410 e. The third-order valence-electron chi connectivity index (χ3n) is 2.82. The highest BCUT2D eigenvalue weighted by Crippen LogP contribution is 2.20. The minimum Gasteiger partial charge on any atom is -0.444 e. The molecule has 6 heteroatoms. The van der Waals surface area contributed by atoms with Crippen molar-refractivity contribution in [3.05, 3.63) is 0 Å². The zero-order valence-electron chi connectivity index (χ0n) is 12.2. The van der Waals surface area contributed by atoms with Crippen molar-refractivity contribution in [2.45, 2.75) is 51.7 Å². The Bertz CT molecular complexity index is 325. The Hall–Kier alpha value is -1.30. The zero-order chi connectivity index (χ0) is 14.5. The number of hydrogen-bond donors (Lipinski definition) is 1. The normalized spacial score (nSPS) is 20.0. The monoisotopic (exact) mass is 272 g/mol. The van der Waals surface area contributed by atoms with Gasteiger partial charge in [0.25, 0.3) is 0 Å². The standard InChI is InChI=1S/C13H24N2O4/c1-13(2,3)19-12(17)15-8-6-5-7-10(15)11(16)14-9-18-4/h10H,5-9H2,1-4H3,(H,14,16)/t10-/m0/s1. The molecule has 6 nitrogen and oxygen atoms in total. The molecule has 0 aromatic heterocycles. The lowest BCUT2D eigenvalue weighted by Gasteiger charge is -2.35. The molecule has 2 amide bonds. The minimum absolute atomic E-state index is 0.150. The Morgan fingerprint density at radius 3 is 2.58 bits per heavy atom. The average molecular weight is 272 g/mol. The molecule has 1 saturated heterocycles. The fraction of sp³-hybridized carbons (Fsp3) is 0.846. The first kappa shape index (κ1) is 15.8. The van der Waals surface area contributed by atoms with E-state index in [0.29, 0.717) is 13.0 Å². The van der Waals surface area contributed by atoms with Gasteiger partial charge in [0.2, 0.25) is 5.91 Å². The van der Waals surface area contributed by atoms with E-state index in [9.17, 15) is 9.59 Å². The molecule has 1 aliphatic heterocycles. The molecule has 19 heavy (non-hydrogen) atoms. The van der Waals surface area contributed by atoms with E-state index in [1.807, 2.05) is 20.8 Å². The van der Waals surface area contributed by atoms with Gasteiger partial charge in [-0.05, 0) is 40.0 Å². The van der Waals surface area contributed by atoms with Crippen LogP contribution in [-0.4, -0.2) is 48.9 Å². The summed E-state index contributed by atoms with van der Waals surface area (Å²) in [5, 5.41) is 2.64. The Labute approximate surface area is 114 Å². The van der Waals surface area contributed by atoms with Crippen LogP contribution in [0.25, 0.3) is 0 Å². The summed E-state index contributed by atoms with van der Waals surface area (Å²) in [7, 11) is 1.51. The summed E-state index contributed by atoms with van der Waals surface area (Å²) in [6.45, 7) is 6.15. The Morgan fingerprint density at radius 2 is 2.00 bits per heavy atom. The van der Waals surface area contributed by atoms with Gasteiger partial charge in [0.15, 0.2) is 0 Å². The number of likely N-dealkylation sites (tertiary alicyclic amines) is 1. The molecule has 1 heterocycles. The molecule has 110 valence electrons. The van der Waals surface area contributed by atoms with E-state index in [4.69, 9.17) is 9.47 Å². The predicted molar refractivity (Wildman–Crippen MR) is 70.6 cm³/mol. The maximum absolute atomic E-state index is 12.1. The van der Waals surface area contributed by atoms with Crippen molar-refractivity contribution >= 4 is 12.0 Å². The molecule has 1 aliphatic rings. The van der Waals surface area contributed by atoms with Crippen LogP contribution in [0.4, 0.5) is 4.79 Å². The molecule has 0 radical (unpaired) electrons. The molecule has 1 atom stereocenters. The topological polar surface area (TPSA) is 67.9 Å². The van der Waals surface area contributed by atoms with E-state index < -0.39 is 17.7 Å². The van der Waals surface area contributed by atoms with E-state index >= 15 is 0 Å². The number of ether oxygens (including phenoxy) is 2. The summed E-state index contributed by atoms with van der Waals surface area (Å²) >= 11 is 0. The summed E-state index contributed by atoms with van der Waals surface area (Å²) in [5.74, 6) is -0.188. The largest absolute Gasteiger partial charge is 0.444 e. The first-order valence-corrected chi connectivity index (χ1v) is 6.61. The smallest absolute Gasteiger partial charge is 0.410 e. The van der Waals surface area contributed by atoms with Crippen LogP contribution in [-0.2, 0) is 14.3 Å². The molecule has 0 aromatic rings. The Balaban J connectivity index is 2.66.